The number of halogens is 3. The Kier molecular flexibility index (Phi) is 2.84. The lowest BCUT2D eigenvalue weighted by Crippen LogP contribution is -2.16. The lowest BCUT2D eigenvalue weighted by atomic mass is 10.2. The fourth-order valence-corrected chi connectivity index (χ4v) is 1.81. The number of hydrogen-bond acceptors (Lipinski definition) is 3. The van der Waals surface area contributed by atoms with Crippen molar-refractivity contribution in [2.24, 2.45) is 12.8 Å². The number of alkyl halides is 3. The number of nitrogens with zero attached hydrogens (tertiary/aromatic N) is 4. The molecule has 19 heavy (non-hydrogen) atoms. The van der Waals surface area contributed by atoms with Gasteiger partial charge in [-0.2, -0.15) is 23.4 Å². The van der Waals surface area contributed by atoms with Gasteiger partial charge in [-0.05, 0) is 6.92 Å². The molecule has 0 atom stereocenters. The molecule has 0 saturated carbocycles. The molecule has 0 aliphatic heterocycles. The zero-order chi connectivity index (χ0) is 14.4. The number of hydrogen-bond donors (Lipinski definition) is 2. The summed E-state index contributed by atoms with van der Waals surface area (Å²) in [5.74, 6) is -0.0508. The molecule has 0 unspecified atom stereocenters. The van der Waals surface area contributed by atoms with Gasteiger partial charge in [0.25, 0.3) is 0 Å². The second-order valence-electron chi connectivity index (χ2n) is 3.99. The molecule has 0 radical (unpaired) electrons. The molecule has 102 valence electrons. The Balaban J connectivity index is 2.60. The number of nitrogen functional groups attached to an aromatic ring is 1. The molecule has 0 aliphatic carbocycles. The lowest BCUT2D eigenvalue weighted by Gasteiger charge is -2.05. The number of amidine groups is 1. The van der Waals surface area contributed by atoms with Crippen LogP contribution in [0.4, 0.5) is 13.2 Å². The van der Waals surface area contributed by atoms with Crippen LogP contribution in [-0.4, -0.2) is 25.4 Å². The Morgan fingerprint density at radius 2 is 2.05 bits per heavy atom. The molecular formula is C10H11F3N6. The molecule has 0 saturated heterocycles. The average molecular weight is 272 g/mol. The van der Waals surface area contributed by atoms with Crippen molar-refractivity contribution in [3.63, 3.8) is 0 Å². The monoisotopic (exact) mass is 272 g/mol. The van der Waals surface area contributed by atoms with Crippen LogP contribution in [0.2, 0.25) is 0 Å². The van der Waals surface area contributed by atoms with Crippen molar-refractivity contribution in [3.05, 3.63) is 29.2 Å². The van der Waals surface area contributed by atoms with Crippen LogP contribution in [0.3, 0.4) is 0 Å². The SMILES string of the molecule is Cc1nn(C)c(-n2cc(C(F)(F)F)cn2)c1C(=N)N. The minimum atomic E-state index is -4.47. The summed E-state index contributed by atoms with van der Waals surface area (Å²) in [6.45, 7) is 1.62. The molecule has 2 heterocycles. The third-order valence-corrected chi connectivity index (χ3v) is 2.59. The highest BCUT2D eigenvalue weighted by Crippen LogP contribution is 2.29. The normalized spacial score (nSPS) is 11.8. The van der Waals surface area contributed by atoms with E-state index in [2.05, 4.69) is 10.2 Å². The standard InChI is InChI=1S/C10H11F3N6/c1-5-7(8(14)15)9(18(2)17-5)19-4-6(3-16-19)10(11,12)13/h3-4H,1-2H3,(H3,14,15). The van der Waals surface area contributed by atoms with Crippen LogP contribution in [0.15, 0.2) is 12.4 Å². The smallest absolute Gasteiger partial charge is 0.384 e. The number of rotatable bonds is 2. The van der Waals surface area contributed by atoms with Crippen molar-refractivity contribution in [2.45, 2.75) is 13.1 Å². The fourth-order valence-electron chi connectivity index (χ4n) is 1.81. The van der Waals surface area contributed by atoms with Gasteiger partial charge in [0.1, 0.15) is 5.84 Å². The Labute approximate surface area is 106 Å². The summed E-state index contributed by atoms with van der Waals surface area (Å²) in [6.07, 6.45) is -2.92. The minimum Gasteiger partial charge on any atom is -0.384 e. The first kappa shape index (κ1) is 13.1. The summed E-state index contributed by atoms with van der Waals surface area (Å²) in [5, 5.41) is 15.2. The van der Waals surface area contributed by atoms with Crippen LogP contribution in [0.25, 0.3) is 5.82 Å². The summed E-state index contributed by atoms with van der Waals surface area (Å²) >= 11 is 0. The van der Waals surface area contributed by atoms with Gasteiger partial charge in [0, 0.05) is 13.2 Å². The van der Waals surface area contributed by atoms with Crippen LogP contribution in [0, 0.1) is 12.3 Å². The summed E-state index contributed by atoms with van der Waals surface area (Å²) < 4.78 is 40.0. The van der Waals surface area contributed by atoms with Crippen molar-refractivity contribution in [1.82, 2.24) is 19.6 Å². The topological polar surface area (TPSA) is 85.5 Å². The highest BCUT2D eigenvalue weighted by molar-refractivity contribution is 5.99. The number of nitrogens with two attached hydrogens (primary N) is 1. The lowest BCUT2D eigenvalue weighted by molar-refractivity contribution is -0.137. The zero-order valence-electron chi connectivity index (χ0n) is 10.2. The van der Waals surface area contributed by atoms with Crippen molar-refractivity contribution in [1.29, 1.82) is 5.41 Å². The van der Waals surface area contributed by atoms with Gasteiger partial charge >= 0.3 is 6.18 Å². The Morgan fingerprint density at radius 1 is 1.42 bits per heavy atom. The first-order chi connectivity index (χ1) is 8.71. The summed E-state index contributed by atoms with van der Waals surface area (Å²) in [4.78, 5) is 0. The molecule has 3 N–H and O–H groups in total. The van der Waals surface area contributed by atoms with Crippen molar-refractivity contribution >= 4 is 5.84 Å². The Hall–Kier alpha value is -2.32. The maximum absolute atomic E-state index is 12.5. The number of aryl methyl sites for hydroxylation is 2. The first-order valence-corrected chi connectivity index (χ1v) is 5.22. The van der Waals surface area contributed by atoms with Crippen LogP contribution in [-0.2, 0) is 13.2 Å². The van der Waals surface area contributed by atoms with Gasteiger partial charge in [-0.25, -0.2) is 4.68 Å². The molecule has 0 bridgehead atoms. The molecule has 6 nitrogen and oxygen atoms in total. The fraction of sp³-hybridized carbons (Fsp3) is 0.300. The molecule has 0 fully saturated rings. The molecule has 0 aromatic carbocycles. The van der Waals surface area contributed by atoms with Gasteiger partial charge in [-0.1, -0.05) is 0 Å². The van der Waals surface area contributed by atoms with E-state index >= 15 is 0 Å². The van der Waals surface area contributed by atoms with Crippen LogP contribution < -0.4 is 5.73 Å². The minimum absolute atomic E-state index is 0.223. The second-order valence-corrected chi connectivity index (χ2v) is 3.99. The van der Waals surface area contributed by atoms with Crippen LogP contribution in [0.5, 0.6) is 0 Å². The molecule has 0 aliphatic rings. The molecule has 2 rings (SSSR count). The highest BCUT2D eigenvalue weighted by Gasteiger charge is 2.33. The Bertz CT molecular complexity index is 636. The van der Waals surface area contributed by atoms with Gasteiger partial charge in [0.15, 0.2) is 5.82 Å². The van der Waals surface area contributed by atoms with Gasteiger partial charge < -0.3 is 5.73 Å². The van der Waals surface area contributed by atoms with E-state index in [4.69, 9.17) is 11.1 Å². The number of nitrogens with one attached hydrogen (secondary N) is 1. The van der Waals surface area contributed by atoms with Gasteiger partial charge in [-0.3, -0.25) is 10.1 Å². The van der Waals surface area contributed by atoms with E-state index in [1.54, 1.807) is 14.0 Å². The molecule has 0 spiro atoms. The predicted octanol–water partition coefficient (Wildman–Crippen LogP) is 1.22. The quantitative estimate of drug-likeness (QED) is 0.636. The van der Waals surface area contributed by atoms with E-state index in [1.807, 2.05) is 0 Å². The summed E-state index contributed by atoms with van der Waals surface area (Å²) in [5.41, 5.74) is 5.27. The van der Waals surface area contributed by atoms with E-state index in [-0.39, 0.29) is 17.2 Å². The second kappa shape index (κ2) is 4.11. The maximum Gasteiger partial charge on any atom is 0.419 e. The molecule has 0 amide bonds. The maximum atomic E-state index is 12.5. The highest BCUT2D eigenvalue weighted by atomic mass is 19.4. The van der Waals surface area contributed by atoms with Crippen LogP contribution >= 0.6 is 0 Å². The average Bonchev–Trinajstić information content (AvgIpc) is 2.81. The molecule has 2 aromatic rings. The van der Waals surface area contributed by atoms with Gasteiger partial charge in [0.2, 0.25) is 0 Å². The third-order valence-electron chi connectivity index (χ3n) is 2.59. The van der Waals surface area contributed by atoms with E-state index in [0.29, 0.717) is 11.9 Å². The predicted molar refractivity (Wildman–Crippen MR) is 61.1 cm³/mol. The van der Waals surface area contributed by atoms with Gasteiger partial charge in [0.05, 0.1) is 23.0 Å². The largest absolute Gasteiger partial charge is 0.419 e. The molecular weight excluding hydrogens is 261 g/mol. The third kappa shape index (κ3) is 2.18. The first-order valence-electron chi connectivity index (χ1n) is 5.22. The van der Waals surface area contributed by atoms with E-state index in [9.17, 15) is 13.2 Å². The van der Waals surface area contributed by atoms with Crippen molar-refractivity contribution in [3.8, 4) is 5.82 Å². The van der Waals surface area contributed by atoms with Crippen molar-refractivity contribution in [2.75, 3.05) is 0 Å². The van der Waals surface area contributed by atoms with E-state index < -0.39 is 11.7 Å². The van der Waals surface area contributed by atoms with E-state index in [0.717, 1.165) is 10.9 Å². The number of aromatic nitrogens is 4. The zero-order valence-corrected chi connectivity index (χ0v) is 10.2. The molecule has 2 aromatic heterocycles. The molecule has 9 heteroatoms. The summed E-state index contributed by atoms with van der Waals surface area (Å²) in [6, 6.07) is 0. The van der Waals surface area contributed by atoms with Gasteiger partial charge in [-0.15, -0.1) is 0 Å². The van der Waals surface area contributed by atoms with Crippen molar-refractivity contribution < 1.29 is 13.2 Å². The Morgan fingerprint density at radius 3 is 2.53 bits per heavy atom. The van der Waals surface area contributed by atoms with E-state index in [1.165, 1.54) is 4.68 Å². The van der Waals surface area contributed by atoms with Crippen LogP contribution in [0.1, 0.15) is 16.8 Å². The summed E-state index contributed by atoms with van der Waals surface area (Å²) in [7, 11) is 1.55.